The van der Waals surface area contributed by atoms with Gasteiger partial charge in [0.2, 0.25) is 0 Å². The number of phenolic OH excluding ortho intramolecular Hbond substituents is 1. The zero-order chi connectivity index (χ0) is 33.5. The first kappa shape index (κ1) is 33.9. The standard InChI is InChI=1S/C36H44ClN3O6/c1-36(2,21-11-8-7-9-12-21)39-18-20-17-25(41)28-23(30(20)37)15-19-16-24-27(34(46-6)26(19)32(28)42)22(13-10-14-45-5)29(35(38)44)33(43)31(24)40(3)4/h7-9,11-12,17,19,24,27,31,39,41H,10,13-16,18H2,1-6H3,(H2,38,44). The number of ether oxygens (including phenoxy) is 2. The molecule has 0 saturated carbocycles. The van der Waals surface area contributed by atoms with Crippen molar-refractivity contribution in [3.8, 4) is 5.75 Å². The molecule has 1 amide bonds. The van der Waals surface area contributed by atoms with E-state index in [0.717, 1.165) is 5.56 Å². The van der Waals surface area contributed by atoms with Gasteiger partial charge in [0.1, 0.15) is 11.5 Å². The number of halogens is 1. The van der Waals surface area contributed by atoms with E-state index in [9.17, 15) is 19.5 Å². The number of allylic oxidation sites excluding steroid dienone is 2. The number of rotatable bonds is 11. The second-order valence-electron chi connectivity index (χ2n) is 13.3. The molecule has 4 N–H and O–H groups in total. The van der Waals surface area contributed by atoms with Crippen molar-refractivity contribution in [1.82, 2.24) is 10.2 Å². The lowest BCUT2D eigenvalue weighted by atomic mass is 9.59. The van der Waals surface area contributed by atoms with Gasteiger partial charge in [0.15, 0.2) is 11.6 Å². The Hall–Kier alpha value is -3.50. The monoisotopic (exact) mass is 649 g/mol. The topological polar surface area (TPSA) is 131 Å². The average Bonchev–Trinajstić information content (AvgIpc) is 3.01. The average molecular weight is 650 g/mol. The van der Waals surface area contributed by atoms with Gasteiger partial charge in [0.05, 0.1) is 24.3 Å². The molecule has 246 valence electrons. The number of hydrogen-bond acceptors (Lipinski definition) is 8. The summed E-state index contributed by atoms with van der Waals surface area (Å²) in [6, 6.07) is 11.0. The molecule has 9 nitrogen and oxygen atoms in total. The first-order valence-electron chi connectivity index (χ1n) is 15.7. The summed E-state index contributed by atoms with van der Waals surface area (Å²) in [5, 5.41) is 15.3. The lowest BCUT2D eigenvalue weighted by Crippen LogP contribution is -2.54. The molecule has 0 spiro atoms. The number of carbonyl (C=O) groups excluding carboxylic acids is 3. The molecule has 4 atom stereocenters. The molecule has 4 unspecified atom stereocenters. The number of hydrogen-bond donors (Lipinski definition) is 3. The summed E-state index contributed by atoms with van der Waals surface area (Å²) in [5.74, 6) is -2.24. The van der Waals surface area contributed by atoms with Crippen LogP contribution >= 0.6 is 11.6 Å². The maximum absolute atomic E-state index is 14.4. The molecule has 0 saturated heterocycles. The number of fused-ring (bicyclic) bond motifs is 3. The fraction of sp³-hybridized carbons (Fsp3) is 0.472. The summed E-state index contributed by atoms with van der Waals surface area (Å²) in [6.45, 7) is 4.96. The molecule has 3 aliphatic rings. The smallest absolute Gasteiger partial charge is 0.252 e. The molecule has 0 aromatic heterocycles. The normalized spacial score (nSPS) is 23.0. The van der Waals surface area contributed by atoms with Gasteiger partial charge in [-0.25, -0.2) is 0 Å². The predicted octanol–water partition coefficient (Wildman–Crippen LogP) is 4.68. The molecule has 0 bridgehead atoms. The van der Waals surface area contributed by atoms with Crippen molar-refractivity contribution in [2.75, 3.05) is 34.9 Å². The molecule has 3 aliphatic carbocycles. The molecule has 0 fully saturated rings. The highest BCUT2D eigenvalue weighted by atomic mass is 35.5. The number of nitrogens with two attached hydrogens (primary N) is 1. The van der Waals surface area contributed by atoms with Crippen LogP contribution in [0.4, 0.5) is 0 Å². The fourth-order valence-corrected chi connectivity index (χ4v) is 8.11. The first-order chi connectivity index (χ1) is 21.8. The van der Waals surface area contributed by atoms with E-state index in [1.54, 1.807) is 13.2 Å². The molecular weight excluding hydrogens is 606 g/mol. The highest BCUT2D eigenvalue weighted by Gasteiger charge is 2.54. The molecule has 0 aliphatic heterocycles. The number of benzene rings is 2. The molecule has 10 heteroatoms. The SMILES string of the molecule is COCCCC1=C(C(N)=O)C(=O)C(N(C)C)C2CC3Cc4c(Cl)c(CNC(C)(C)c5ccccc5)cc(O)c4C(=O)C3=C(OC)C12. The Morgan fingerprint density at radius 2 is 1.87 bits per heavy atom. The zero-order valence-electron chi connectivity index (χ0n) is 27.4. The van der Waals surface area contributed by atoms with Crippen LogP contribution in [0.2, 0.25) is 5.02 Å². The van der Waals surface area contributed by atoms with Crippen LogP contribution in [-0.4, -0.2) is 68.4 Å². The van der Waals surface area contributed by atoms with Crippen molar-refractivity contribution < 1.29 is 29.0 Å². The lowest BCUT2D eigenvalue weighted by molar-refractivity contribution is -0.127. The molecule has 2 aromatic carbocycles. The van der Waals surface area contributed by atoms with Crippen molar-refractivity contribution in [1.29, 1.82) is 0 Å². The molecule has 2 aromatic rings. The van der Waals surface area contributed by atoms with Crippen molar-refractivity contribution in [2.45, 2.75) is 57.7 Å². The third-order valence-corrected chi connectivity index (χ3v) is 10.4. The maximum atomic E-state index is 14.4. The number of aromatic hydroxyl groups is 1. The van der Waals surface area contributed by atoms with Gasteiger partial charge in [0.25, 0.3) is 5.91 Å². The third kappa shape index (κ3) is 5.90. The Balaban J connectivity index is 1.59. The van der Waals surface area contributed by atoms with E-state index in [2.05, 4.69) is 31.3 Å². The van der Waals surface area contributed by atoms with Gasteiger partial charge in [-0.2, -0.15) is 0 Å². The van der Waals surface area contributed by atoms with Gasteiger partial charge in [-0.05, 0) is 93.8 Å². The third-order valence-electron chi connectivity index (χ3n) is 9.93. The molecule has 0 radical (unpaired) electrons. The summed E-state index contributed by atoms with van der Waals surface area (Å²) in [5.41, 5.74) is 9.06. The van der Waals surface area contributed by atoms with E-state index in [1.165, 1.54) is 7.11 Å². The number of likely N-dealkylation sites (N-methyl/N-ethyl adjacent to an activating group) is 1. The largest absolute Gasteiger partial charge is 0.507 e. The van der Waals surface area contributed by atoms with E-state index in [-0.39, 0.29) is 45.8 Å². The van der Waals surface area contributed by atoms with Crippen LogP contribution in [0, 0.1) is 17.8 Å². The van der Waals surface area contributed by atoms with Crippen molar-refractivity contribution in [2.24, 2.45) is 23.5 Å². The van der Waals surface area contributed by atoms with E-state index < -0.39 is 17.9 Å². The van der Waals surface area contributed by atoms with Gasteiger partial charge >= 0.3 is 0 Å². The van der Waals surface area contributed by atoms with Crippen molar-refractivity contribution in [3.05, 3.63) is 86.2 Å². The lowest BCUT2D eigenvalue weighted by Gasteiger charge is -2.48. The van der Waals surface area contributed by atoms with Crippen LogP contribution in [0.5, 0.6) is 5.75 Å². The first-order valence-corrected chi connectivity index (χ1v) is 16.1. The number of phenols is 1. The van der Waals surface area contributed by atoms with Crippen LogP contribution in [0.3, 0.4) is 0 Å². The molecule has 46 heavy (non-hydrogen) atoms. The van der Waals surface area contributed by atoms with E-state index in [1.807, 2.05) is 37.2 Å². The van der Waals surface area contributed by atoms with Gasteiger partial charge in [-0.3, -0.25) is 19.3 Å². The number of nitrogens with one attached hydrogen (secondary N) is 1. The minimum Gasteiger partial charge on any atom is -0.507 e. The highest BCUT2D eigenvalue weighted by Crippen LogP contribution is 2.54. The Morgan fingerprint density at radius 3 is 2.48 bits per heavy atom. The summed E-state index contributed by atoms with van der Waals surface area (Å²) in [7, 11) is 6.73. The van der Waals surface area contributed by atoms with Crippen molar-refractivity contribution >= 4 is 29.1 Å². The number of Topliss-reactive ketones (excluding diaryl/α,β-unsaturated/α-hetero) is 2. The Morgan fingerprint density at radius 1 is 1.17 bits per heavy atom. The van der Waals surface area contributed by atoms with Crippen LogP contribution in [-0.2, 0) is 37.6 Å². The second kappa shape index (κ2) is 13.3. The summed E-state index contributed by atoms with van der Waals surface area (Å²) >= 11 is 7.04. The number of nitrogens with zero attached hydrogens (tertiary/aromatic N) is 1. The Labute approximate surface area is 275 Å². The predicted molar refractivity (Wildman–Crippen MR) is 176 cm³/mol. The Bertz CT molecular complexity index is 1610. The van der Waals surface area contributed by atoms with Crippen LogP contribution in [0.15, 0.2) is 58.9 Å². The number of ketones is 2. The molecule has 0 heterocycles. The number of amides is 1. The van der Waals surface area contributed by atoms with Gasteiger partial charge in [-0.15, -0.1) is 0 Å². The molecular formula is C36H44ClN3O6. The van der Waals surface area contributed by atoms with Crippen LogP contribution in [0.1, 0.15) is 60.2 Å². The van der Waals surface area contributed by atoms with E-state index >= 15 is 0 Å². The fourth-order valence-electron chi connectivity index (χ4n) is 7.82. The quantitative estimate of drug-likeness (QED) is 0.236. The minimum absolute atomic E-state index is 0.0187. The Kier molecular flexibility index (Phi) is 9.80. The van der Waals surface area contributed by atoms with E-state index in [4.69, 9.17) is 26.8 Å². The number of primary amides is 1. The maximum Gasteiger partial charge on any atom is 0.252 e. The van der Waals surface area contributed by atoms with Gasteiger partial charge in [-0.1, -0.05) is 41.9 Å². The summed E-state index contributed by atoms with van der Waals surface area (Å²) in [4.78, 5) is 42.9. The van der Waals surface area contributed by atoms with Crippen molar-refractivity contribution in [3.63, 3.8) is 0 Å². The zero-order valence-corrected chi connectivity index (χ0v) is 28.2. The number of carbonyl (C=O) groups is 3. The summed E-state index contributed by atoms with van der Waals surface area (Å²) in [6.07, 6.45) is 1.84. The molecule has 5 rings (SSSR count). The second-order valence-corrected chi connectivity index (χ2v) is 13.7. The van der Waals surface area contributed by atoms with Gasteiger partial charge < -0.3 is 25.6 Å². The van der Waals surface area contributed by atoms with Crippen LogP contribution in [0.25, 0.3) is 0 Å². The summed E-state index contributed by atoms with van der Waals surface area (Å²) < 4.78 is 11.3. The van der Waals surface area contributed by atoms with Crippen LogP contribution < -0.4 is 11.1 Å². The number of methoxy groups -OCH3 is 2. The van der Waals surface area contributed by atoms with Gasteiger partial charge in [0, 0.05) is 42.3 Å². The van der Waals surface area contributed by atoms with E-state index in [0.29, 0.717) is 71.9 Å². The minimum atomic E-state index is -0.786. The highest BCUT2D eigenvalue weighted by molar-refractivity contribution is 6.33.